The Hall–Kier alpha value is -0.0900. The molecule has 15 heavy (non-hydrogen) atoms. The molecule has 3 nitrogen and oxygen atoms in total. The van der Waals surface area contributed by atoms with Gasteiger partial charge in [0.15, 0.2) is 0 Å². The fourth-order valence-electron chi connectivity index (χ4n) is 1.83. The summed E-state index contributed by atoms with van der Waals surface area (Å²) in [6, 6.07) is 0.415. The molecule has 0 aromatic heterocycles. The van der Waals surface area contributed by atoms with E-state index in [9.17, 15) is 4.79 Å². The van der Waals surface area contributed by atoms with Crippen LogP contribution in [0.2, 0.25) is 0 Å². The van der Waals surface area contributed by atoms with E-state index in [0.717, 1.165) is 44.1 Å². The van der Waals surface area contributed by atoms with Gasteiger partial charge in [0.25, 0.3) is 0 Å². The van der Waals surface area contributed by atoms with Crippen LogP contribution in [-0.2, 0) is 4.79 Å². The van der Waals surface area contributed by atoms with Crippen molar-refractivity contribution in [2.24, 2.45) is 0 Å². The molecule has 0 aliphatic carbocycles. The summed E-state index contributed by atoms with van der Waals surface area (Å²) in [5, 5.41) is 4.11. The number of piperidine rings is 1. The van der Waals surface area contributed by atoms with Crippen molar-refractivity contribution in [2.45, 2.75) is 38.1 Å². The van der Waals surface area contributed by atoms with Crippen LogP contribution < -0.4 is 5.32 Å². The van der Waals surface area contributed by atoms with Gasteiger partial charge in [-0.2, -0.15) is 0 Å². The number of unbranched alkanes of at least 4 members (excludes halogenated alkanes) is 1. The zero-order valence-electron chi connectivity index (χ0n) is 9.47. The van der Waals surface area contributed by atoms with Gasteiger partial charge >= 0.3 is 0 Å². The minimum atomic E-state index is 0.227. The van der Waals surface area contributed by atoms with Crippen molar-refractivity contribution >= 4 is 21.8 Å². The molecule has 1 fully saturated rings. The number of halogens is 1. The van der Waals surface area contributed by atoms with Crippen molar-refractivity contribution in [3.8, 4) is 0 Å². The Labute approximate surface area is 101 Å². The van der Waals surface area contributed by atoms with Gasteiger partial charge in [-0.1, -0.05) is 15.9 Å². The van der Waals surface area contributed by atoms with E-state index in [1.165, 1.54) is 0 Å². The average Bonchev–Trinajstić information content (AvgIpc) is 2.22. The topological polar surface area (TPSA) is 32.3 Å². The predicted molar refractivity (Wildman–Crippen MR) is 66.3 cm³/mol. The molecular weight excluding hydrogens is 256 g/mol. The average molecular weight is 277 g/mol. The minimum Gasteiger partial charge on any atom is -0.353 e. The lowest BCUT2D eigenvalue weighted by atomic mass is 10.1. The monoisotopic (exact) mass is 276 g/mol. The van der Waals surface area contributed by atoms with E-state index >= 15 is 0 Å². The number of likely N-dealkylation sites (tertiary alicyclic amines) is 1. The predicted octanol–water partition coefficient (Wildman–Crippen LogP) is 1.76. The minimum absolute atomic E-state index is 0.227. The Bertz CT molecular complexity index is 191. The lowest BCUT2D eigenvalue weighted by molar-refractivity contribution is -0.122. The number of hydrogen-bond donors (Lipinski definition) is 1. The molecule has 1 N–H and O–H groups in total. The molecule has 1 saturated heterocycles. The standard InChI is InChI=1S/C11H21BrN2O/c1-14-8-5-10(6-9-14)13-11(15)4-2-3-7-12/h10H,2-9H2,1H3,(H,13,15). The highest BCUT2D eigenvalue weighted by molar-refractivity contribution is 9.09. The van der Waals surface area contributed by atoms with Crippen LogP contribution in [0, 0.1) is 0 Å². The van der Waals surface area contributed by atoms with Crippen LogP contribution in [0.15, 0.2) is 0 Å². The summed E-state index contributed by atoms with van der Waals surface area (Å²) in [5.74, 6) is 0.227. The zero-order chi connectivity index (χ0) is 11.1. The molecule has 88 valence electrons. The van der Waals surface area contributed by atoms with E-state index in [4.69, 9.17) is 0 Å². The Balaban J connectivity index is 2.09. The number of carbonyl (C=O) groups is 1. The zero-order valence-corrected chi connectivity index (χ0v) is 11.1. The molecule has 0 bridgehead atoms. The Morgan fingerprint density at radius 3 is 2.67 bits per heavy atom. The second kappa shape index (κ2) is 7.23. The Kier molecular flexibility index (Phi) is 6.25. The summed E-state index contributed by atoms with van der Waals surface area (Å²) in [5.41, 5.74) is 0. The highest BCUT2D eigenvalue weighted by Gasteiger charge is 2.17. The summed E-state index contributed by atoms with van der Waals surface area (Å²) in [6.45, 7) is 2.21. The molecule has 0 aromatic carbocycles. The molecule has 0 unspecified atom stereocenters. The number of rotatable bonds is 5. The van der Waals surface area contributed by atoms with Crippen LogP contribution in [0.25, 0.3) is 0 Å². The summed E-state index contributed by atoms with van der Waals surface area (Å²) >= 11 is 3.37. The number of alkyl halides is 1. The summed E-state index contributed by atoms with van der Waals surface area (Å²) < 4.78 is 0. The van der Waals surface area contributed by atoms with Gasteiger partial charge in [0.05, 0.1) is 0 Å². The number of nitrogens with one attached hydrogen (secondary N) is 1. The van der Waals surface area contributed by atoms with Crippen molar-refractivity contribution < 1.29 is 4.79 Å². The number of nitrogens with zero attached hydrogens (tertiary/aromatic N) is 1. The highest BCUT2D eigenvalue weighted by Crippen LogP contribution is 2.08. The van der Waals surface area contributed by atoms with Gasteiger partial charge in [-0.3, -0.25) is 4.79 Å². The van der Waals surface area contributed by atoms with Crippen molar-refractivity contribution in [3.05, 3.63) is 0 Å². The molecule has 0 saturated carbocycles. The second-order valence-corrected chi connectivity index (χ2v) is 5.08. The van der Waals surface area contributed by atoms with Crippen LogP contribution >= 0.6 is 15.9 Å². The van der Waals surface area contributed by atoms with E-state index in [1.54, 1.807) is 0 Å². The smallest absolute Gasteiger partial charge is 0.220 e. The first-order chi connectivity index (χ1) is 7.22. The van der Waals surface area contributed by atoms with Gasteiger partial charge in [-0.15, -0.1) is 0 Å². The molecular formula is C11H21BrN2O. The quantitative estimate of drug-likeness (QED) is 0.613. The first-order valence-corrected chi connectivity index (χ1v) is 6.88. The second-order valence-electron chi connectivity index (χ2n) is 4.29. The van der Waals surface area contributed by atoms with E-state index in [1.807, 2.05) is 0 Å². The third kappa shape index (κ3) is 5.52. The van der Waals surface area contributed by atoms with Crippen LogP contribution in [-0.4, -0.2) is 42.3 Å². The number of amides is 1. The Morgan fingerprint density at radius 1 is 1.40 bits per heavy atom. The van der Waals surface area contributed by atoms with E-state index < -0.39 is 0 Å². The van der Waals surface area contributed by atoms with Crippen molar-refractivity contribution in [2.75, 3.05) is 25.5 Å². The van der Waals surface area contributed by atoms with Gasteiger partial charge in [0, 0.05) is 17.8 Å². The van der Waals surface area contributed by atoms with Gasteiger partial charge < -0.3 is 10.2 Å². The normalized spacial score (nSPS) is 19.1. The lowest BCUT2D eigenvalue weighted by Gasteiger charge is -2.29. The van der Waals surface area contributed by atoms with Gasteiger partial charge in [0.2, 0.25) is 5.91 Å². The SMILES string of the molecule is CN1CCC(NC(=O)CCCCBr)CC1. The summed E-state index contributed by atoms with van der Waals surface area (Å²) in [6.07, 6.45) is 4.95. The molecule has 1 amide bonds. The van der Waals surface area contributed by atoms with Crippen LogP contribution in [0.3, 0.4) is 0 Å². The molecule has 1 heterocycles. The fourth-order valence-corrected chi connectivity index (χ4v) is 2.23. The maximum absolute atomic E-state index is 11.5. The molecule has 1 aliphatic rings. The Morgan fingerprint density at radius 2 is 2.07 bits per heavy atom. The molecule has 1 aliphatic heterocycles. The lowest BCUT2D eigenvalue weighted by Crippen LogP contribution is -2.43. The van der Waals surface area contributed by atoms with E-state index in [-0.39, 0.29) is 5.91 Å². The molecule has 0 radical (unpaired) electrons. The number of hydrogen-bond acceptors (Lipinski definition) is 2. The maximum atomic E-state index is 11.5. The van der Waals surface area contributed by atoms with Crippen LogP contribution in [0.1, 0.15) is 32.1 Å². The summed E-state index contributed by atoms with van der Waals surface area (Å²) in [4.78, 5) is 13.8. The van der Waals surface area contributed by atoms with Crippen LogP contribution in [0.4, 0.5) is 0 Å². The van der Waals surface area contributed by atoms with Crippen molar-refractivity contribution in [3.63, 3.8) is 0 Å². The third-order valence-electron chi connectivity index (χ3n) is 2.87. The molecule has 1 rings (SSSR count). The van der Waals surface area contributed by atoms with Gasteiger partial charge in [0.1, 0.15) is 0 Å². The molecule has 4 heteroatoms. The number of carbonyl (C=O) groups excluding carboxylic acids is 1. The van der Waals surface area contributed by atoms with Crippen molar-refractivity contribution in [1.82, 2.24) is 10.2 Å². The summed E-state index contributed by atoms with van der Waals surface area (Å²) in [7, 11) is 2.13. The maximum Gasteiger partial charge on any atom is 0.220 e. The van der Waals surface area contributed by atoms with Crippen LogP contribution in [0.5, 0.6) is 0 Å². The van der Waals surface area contributed by atoms with Gasteiger partial charge in [-0.05, 0) is 45.8 Å². The van der Waals surface area contributed by atoms with E-state index in [2.05, 4.69) is 33.2 Å². The first kappa shape index (κ1) is 13.0. The van der Waals surface area contributed by atoms with E-state index in [0.29, 0.717) is 12.5 Å². The largest absolute Gasteiger partial charge is 0.353 e. The highest BCUT2D eigenvalue weighted by atomic mass is 79.9. The molecule has 0 atom stereocenters. The van der Waals surface area contributed by atoms with Crippen molar-refractivity contribution in [1.29, 1.82) is 0 Å². The van der Waals surface area contributed by atoms with Gasteiger partial charge in [-0.25, -0.2) is 0 Å². The third-order valence-corrected chi connectivity index (χ3v) is 3.43. The molecule has 0 aromatic rings. The molecule has 0 spiro atoms. The first-order valence-electron chi connectivity index (χ1n) is 5.76. The fraction of sp³-hybridized carbons (Fsp3) is 0.909.